The molecule has 3 N–H and O–H groups in total. The van der Waals surface area contributed by atoms with Gasteiger partial charge in [0.15, 0.2) is 0 Å². The van der Waals surface area contributed by atoms with Gasteiger partial charge in [0, 0.05) is 23.8 Å². The molecule has 1 rings (SSSR count). The molecule has 0 fully saturated rings. The highest BCUT2D eigenvalue weighted by Gasteiger charge is 2.13. The van der Waals surface area contributed by atoms with Gasteiger partial charge in [-0.25, -0.2) is 0 Å². The fourth-order valence-corrected chi connectivity index (χ4v) is 5.45. The zero-order valence-corrected chi connectivity index (χ0v) is 17.0. The molecule has 0 unspecified atom stereocenters. The Hall–Kier alpha value is 0.760. The molecule has 0 aromatic heterocycles. The van der Waals surface area contributed by atoms with Gasteiger partial charge in [0.05, 0.1) is 25.4 Å². The Morgan fingerprint density at radius 1 is 1.10 bits per heavy atom. The number of hydrogen-bond donors (Lipinski definition) is 3. The van der Waals surface area contributed by atoms with E-state index in [0.29, 0.717) is 13.1 Å². The third-order valence-corrected chi connectivity index (χ3v) is 4.80. The van der Waals surface area contributed by atoms with Crippen molar-refractivity contribution in [2.75, 3.05) is 38.2 Å². The van der Waals surface area contributed by atoms with Gasteiger partial charge in [-0.3, -0.25) is 9.69 Å². The smallest absolute Gasteiger partial charge is 0.238 e. The minimum Gasteiger partial charge on any atom is -0.395 e. The van der Waals surface area contributed by atoms with Crippen LogP contribution in [-0.4, -0.2) is 53.9 Å². The quantitative estimate of drug-likeness (QED) is 0.409. The van der Waals surface area contributed by atoms with Crippen LogP contribution >= 0.6 is 67.8 Å². The standard InChI is InChI=1S/C12H15I3N2O3/c13-8-5-9(14)12(10(15)6-8)16-11(20)7-17(1-3-18)2-4-19/h5-6,18-19H,1-4,7H2,(H,16,20). The molecule has 0 spiro atoms. The summed E-state index contributed by atoms with van der Waals surface area (Å²) in [5.74, 6) is -0.149. The van der Waals surface area contributed by atoms with E-state index in [4.69, 9.17) is 10.2 Å². The van der Waals surface area contributed by atoms with E-state index in [-0.39, 0.29) is 25.7 Å². The van der Waals surface area contributed by atoms with E-state index in [1.807, 2.05) is 12.1 Å². The average Bonchev–Trinajstić information content (AvgIpc) is 2.34. The second-order valence-corrected chi connectivity index (χ2v) is 7.59. The summed E-state index contributed by atoms with van der Waals surface area (Å²) in [6, 6.07) is 4.00. The van der Waals surface area contributed by atoms with E-state index in [2.05, 4.69) is 73.1 Å². The van der Waals surface area contributed by atoms with Crippen molar-refractivity contribution in [2.45, 2.75) is 0 Å². The van der Waals surface area contributed by atoms with Crippen LogP contribution in [0.15, 0.2) is 12.1 Å². The number of aliphatic hydroxyl groups is 2. The number of benzene rings is 1. The van der Waals surface area contributed by atoms with Gasteiger partial charge in [-0.2, -0.15) is 0 Å². The van der Waals surface area contributed by atoms with Crippen molar-refractivity contribution in [3.63, 3.8) is 0 Å². The molecule has 0 aliphatic carbocycles. The predicted octanol–water partition coefficient (Wildman–Crippen LogP) is 1.73. The molecular formula is C12H15I3N2O3. The highest BCUT2D eigenvalue weighted by atomic mass is 127. The number of nitrogens with zero attached hydrogens (tertiary/aromatic N) is 1. The lowest BCUT2D eigenvalue weighted by atomic mass is 10.3. The van der Waals surface area contributed by atoms with Gasteiger partial charge >= 0.3 is 0 Å². The van der Waals surface area contributed by atoms with Crippen molar-refractivity contribution < 1.29 is 15.0 Å². The van der Waals surface area contributed by atoms with Gasteiger partial charge in [0.1, 0.15) is 0 Å². The minimum absolute atomic E-state index is 0.0358. The van der Waals surface area contributed by atoms with Crippen LogP contribution in [0, 0.1) is 10.7 Å². The lowest BCUT2D eigenvalue weighted by Crippen LogP contribution is -2.37. The largest absolute Gasteiger partial charge is 0.395 e. The van der Waals surface area contributed by atoms with E-state index >= 15 is 0 Å². The maximum atomic E-state index is 12.0. The Labute approximate surface area is 158 Å². The minimum atomic E-state index is -0.149. The maximum Gasteiger partial charge on any atom is 0.238 e. The number of carbonyl (C=O) groups is 1. The van der Waals surface area contributed by atoms with Gasteiger partial charge in [-0.05, 0) is 79.9 Å². The van der Waals surface area contributed by atoms with Gasteiger partial charge in [-0.1, -0.05) is 0 Å². The summed E-state index contributed by atoms with van der Waals surface area (Å²) in [6.45, 7) is 0.820. The first-order chi connectivity index (χ1) is 9.47. The van der Waals surface area contributed by atoms with Crippen LogP contribution < -0.4 is 5.32 Å². The highest BCUT2D eigenvalue weighted by molar-refractivity contribution is 14.1. The van der Waals surface area contributed by atoms with Crippen LogP contribution in [0.25, 0.3) is 0 Å². The van der Waals surface area contributed by atoms with Gasteiger partial charge in [0.2, 0.25) is 5.91 Å². The summed E-state index contributed by atoms with van der Waals surface area (Å²) < 4.78 is 3.10. The van der Waals surface area contributed by atoms with Crippen molar-refractivity contribution in [2.24, 2.45) is 0 Å². The zero-order valence-electron chi connectivity index (χ0n) is 10.6. The number of carbonyl (C=O) groups excluding carboxylic acids is 1. The SMILES string of the molecule is O=C(CN(CCO)CCO)Nc1c(I)cc(I)cc1I. The first-order valence-electron chi connectivity index (χ1n) is 5.86. The van der Waals surface area contributed by atoms with E-state index in [1.54, 1.807) is 4.90 Å². The summed E-state index contributed by atoms with van der Waals surface area (Å²) in [6.07, 6.45) is 0. The molecule has 0 atom stereocenters. The van der Waals surface area contributed by atoms with Crippen molar-refractivity contribution in [3.8, 4) is 0 Å². The van der Waals surface area contributed by atoms with E-state index < -0.39 is 0 Å². The molecule has 1 aromatic carbocycles. The number of hydrogen-bond acceptors (Lipinski definition) is 4. The van der Waals surface area contributed by atoms with Crippen LogP contribution in [0.5, 0.6) is 0 Å². The zero-order chi connectivity index (χ0) is 15.1. The first-order valence-corrected chi connectivity index (χ1v) is 9.10. The molecule has 0 bridgehead atoms. The van der Waals surface area contributed by atoms with Crippen LogP contribution in [-0.2, 0) is 4.79 Å². The monoisotopic (exact) mass is 616 g/mol. The summed E-state index contributed by atoms with van der Waals surface area (Å²) in [4.78, 5) is 13.7. The van der Waals surface area contributed by atoms with Crippen molar-refractivity contribution in [1.82, 2.24) is 4.90 Å². The highest BCUT2D eigenvalue weighted by Crippen LogP contribution is 2.27. The van der Waals surface area contributed by atoms with Crippen LogP contribution in [0.1, 0.15) is 0 Å². The fourth-order valence-electron chi connectivity index (χ4n) is 1.60. The fraction of sp³-hybridized carbons (Fsp3) is 0.417. The molecule has 112 valence electrons. The molecule has 8 heteroatoms. The molecule has 0 aliphatic heterocycles. The Balaban J connectivity index is 2.70. The van der Waals surface area contributed by atoms with Crippen molar-refractivity contribution >= 4 is 79.4 Å². The second-order valence-electron chi connectivity index (χ2n) is 4.02. The van der Waals surface area contributed by atoms with Crippen LogP contribution in [0.2, 0.25) is 0 Å². The average molecular weight is 616 g/mol. The second kappa shape index (κ2) is 9.71. The number of amides is 1. The molecule has 5 nitrogen and oxygen atoms in total. The van der Waals surface area contributed by atoms with Crippen molar-refractivity contribution in [3.05, 3.63) is 22.8 Å². The number of anilines is 1. The Morgan fingerprint density at radius 3 is 2.05 bits per heavy atom. The topological polar surface area (TPSA) is 72.8 Å². The Morgan fingerprint density at radius 2 is 1.60 bits per heavy atom. The molecule has 1 aromatic rings. The van der Waals surface area contributed by atoms with Gasteiger partial charge < -0.3 is 15.5 Å². The van der Waals surface area contributed by atoms with Gasteiger partial charge in [-0.15, -0.1) is 0 Å². The van der Waals surface area contributed by atoms with E-state index in [1.165, 1.54) is 0 Å². The molecule has 0 saturated heterocycles. The molecule has 0 aliphatic rings. The number of halogens is 3. The normalized spacial score (nSPS) is 10.9. The predicted molar refractivity (Wildman–Crippen MR) is 104 cm³/mol. The number of nitrogens with one attached hydrogen (secondary N) is 1. The first kappa shape index (κ1) is 18.8. The maximum absolute atomic E-state index is 12.0. The number of rotatable bonds is 7. The molecule has 0 heterocycles. The molecule has 1 amide bonds. The lowest BCUT2D eigenvalue weighted by molar-refractivity contribution is -0.117. The third kappa shape index (κ3) is 6.25. The Kier molecular flexibility index (Phi) is 9.13. The van der Waals surface area contributed by atoms with E-state index in [0.717, 1.165) is 16.4 Å². The van der Waals surface area contributed by atoms with Crippen molar-refractivity contribution in [1.29, 1.82) is 0 Å². The number of aliphatic hydroxyl groups excluding tert-OH is 2. The summed E-state index contributed by atoms with van der Waals surface area (Å²) in [5.41, 5.74) is 0.810. The summed E-state index contributed by atoms with van der Waals surface area (Å²) >= 11 is 6.63. The summed E-state index contributed by atoms with van der Waals surface area (Å²) in [7, 11) is 0. The molecule has 20 heavy (non-hydrogen) atoms. The third-order valence-electron chi connectivity index (χ3n) is 2.47. The summed E-state index contributed by atoms with van der Waals surface area (Å²) in [5, 5.41) is 20.7. The van der Waals surface area contributed by atoms with Gasteiger partial charge in [0.25, 0.3) is 0 Å². The Bertz CT molecular complexity index is 442. The van der Waals surface area contributed by atoms with Crippen LogP contribution in [0.4, 0.5) is 5.69 Å². The molecule has 0 saturated carbocycles. The molecular weight excluding hydrogens is 601 g/mol. The van der Waals surface area contributed by atoms with Crippen LogP contribution in [0.3, 0.4) is 0 Å². The van der Waals surface area contributed by atoms with E-state index in [9.17, 15) is 4.79 Å². The lowest BCUT2D eigenvalue weighted by Gasteiger charge is -2.20. The molecule has 0 radical (unpaired) electrons.